The van der Waals surface area contributed by atoms with Crippen molar-refractivity contribution in [1.29, 1.82) is 0 Å². The minimum Gasteiger partial charge on any atom is -0.508 e. The topological polar surface area (TPSA) is 29.5 Å². The summed E-state index contributed by atoms with van der Waals surface area (Å²) in [5.74, 6) is 0.302. The highest BCUT2D eigenvalue weighted by Gasteiger charge is 1.92. The van der Waals surface area contributed by atoms with Crippen molar-refractivity contribution in [3.05, 3.63) is 29.8 Å². The monoisotopic (exact) mass is 165 g/mol. The van der Waals surface area contributed by atoms with E-state index < -0.39 is 0 Å². The van der Waals surface area contributed by atoms with Gasteiger partial charge >= 0.3 is 0 Å². The predicted molar refractivity (Wildman–Crippen MR) is 43.5 cm³/mol. The van der Waals surface area contributed by atoms with Gasteiger partial charge in [-0.05, 0) is 24.1 Å². The molecule has 1 rings (SSSR count). The fourth-order valence-corrected chi connectivity index (χ4v) is 0.983. The number of hydrogen-bond acceptors (Lipinski definition) is 2. The zero-order valence-electron chi connectivity index (χ0n) is 6.08. The van der Waals surface area contributed by atoms with E-state index in [9.17, 15) is 0 Å². The highest BCUT2D eigenvalue weighted by molar-refractivity contribution is 5.97. The standard InChI is InChI=1S/C8H9O2Si/c9-8-3-1-2-7(6-8)4-5-10-11/h1-3,6,9H,4-5H2. The summed E-state index contributed by atoms with van der Waals surface area (Å²) in [6.45, 7) is 0.611. The molecule has 11 heavy (non-hydrogen) atoms. The number of phenolic OH excluding ortho intramolecular Hbond substituents is 1. The molecule has 0 aromatic heterocycles. The van der Waals surface area contributed by atoms with E-state index in [-0.39, 0.29) is 0 Å². The Labute approximate surface area is 69.4 Å². The fourth-order valence-electron chi connectivity index (χ4n) is 0.881. The average molecular weight is 165 g/mol. The first-order valence-electron chi connectivity index (χ1n) is 3.39. The molecule has 3 radical (unpaired) electrons. The molecule has 0 amide bonds. The summed E-state index contributed by atoms with van der Waals surface area (Å²) >= 11 is 0. The molecule has 1 N–H and O–H groups in total. The maximum absolute atomic E-state index is 9.06. The van der Waals surface area contributed by atoms with Crippen molar-refractivity contribution in [3.63, 3.8) is 0 Å². The SMILES string of the molecule is Oc1cccc(CCO[Si])c1. The van der Waals surface area contributed by atoms with Crippen LogP contribution in [0.2, 0.25) is 0 Å². The first-order valence-corrected chi connectivity index (χ1v) is 3.80. The molecule has 0 saturated heterocycles. The number of aromatic hydroxyl groups is 1. The van der Waals surface area contributed by atoms with Crippen LogP contribution in [0.25, 0.3) is 0 Å². The number of rotatable bonds is 3. The normalized spacial score (nSPS) is 9.91. The molecule has 0 heterocycles. The van der Waals surface area contributed by atoms with Crippen LogP contribution in [0.1, 0.15) is 5.56 Å². The van der Waals surface area contributed by atoms with Crippen molar-refractivity contribution in [2.45, 2.75) is 6.42 Å². The van der Waals surface area contributed by atoms with E-state index in [1.165, 1.54) is 0 Å². The van der Waals surface area contributed by atoms with Gasteiger partial charge in [0.2, 0.25) is 10.5 Å². The van der Waals surface area contributed by atoms with E-state index in [0.717, 1.165) is 12.0 Å². The maximum Gasteiger partial charge on any atom is 0.246 e. The van der Waals surface area contributed by atoms with Crippen LogP contribution in [0.4, 0.5) is 0 Å². The lowest BCUT2D eigenvalue weighted by atomic mass is 10.1. The van der Waals surface area contributed by atoms with Crippen LogP contribution in [0.3, 0.4) is 0 Å². The summed E-state index contributed by atoms with van der Waals surface area (Å²) in [7, 11) is 2.91. The molecule has 0 spiro atoms. The molecule has 1 aromatic rings. The molecule has 57 valence electrons. The summed E-state index contributed by atoms with van der Waals surface area (Å²) in [6.07, 6.45) is 0.803. The summed E-state index contributed by atoms with van der Waals surface area (Å²) < 4.78 is 4.71. The van der Waals surface area contributed by atoms with E-state index in [1.54, 1.807) is 12.1 Å². The molecule has 0 bridgehead atoms. The van der Waals surface area contributed by atoms with Crippen molar-refractivity contribution < 1.29 is 9.53 Å². The van der Waals surface area contributed by atoms with E-state index >= 15 is 0 Å². The smallest absolute Gasteiger partial charge is 0.246 e. The lowest BCUT2D eigenvalue weighted by Gasteiger charge is -1.99. The van der Waals surface area contributed by atoms with Gasteiger partial charge in [-0.2, -0.15) is 0 Å². The molecule has 0 aliphatic heterocycles. The van der Waals surface area contributed by atoms with E-state index in [0.29, 0.717) is 12.4 Å². The third-order valence-electron chi connectivity index (χ3n) is 1.40. The van der Waals surface area contributed by atoms with Crippen LogP contribution in [0, 0.1) is 0 Å². The van der Waals surface area contributed by atoms with Crippen LogP contribution in [0.15, 0.2) is 24.3 Å². The molecule has 0 unspecified atom stereocenters. The average Bonchev–Trinajstić information content (AvgIpc) is 2.01. The van der Waals surface area contributed by atoms with Gasteiger partial charge in [-0.3, -0.25) is 0 Å². The van der Waals surface area contributed by atoms with Crippen LogP contribution in [-0.2, 0) is 10.8 Å². The third-order valence-corrected chi connectivity index (χ3v) is 1.61. The minimum atomic E-state index is 0.302. The Morgan fingerprint density at radius 1 is 1.45 bits per heavy atom. The van der Waals surface area contributed by atoms with Gasteiger partial charge in [0, 0.05) is 6.61 Å². The Hall–Kier alpha value is -0.803. The summed E-state index contributed by atoms with van der Waals surface area (Å²) in [5, 5.41) is 9.06. The minimum absolute atomic E-state index is 0.302. The predicted octanol–water partition coefficient (Wildman–Crippen LogP) is 1.03. The third kappa shape index (κ3) is 2.74. The van der Waals surface area contributed by atoms with Gasteiger partial charge in [-0.25, -0.2) is 0 Å². The fraction of sp³-hybridized carbons (Fsp3) is 0.250. The van der Waals surface area contributed by atoms with Gasteiger partial charge in [0.1, 0.15) is 5.75 Å². The molecular weight excluding hydrogens is 156 g/mol. The van der Waals surface area contributed by atoms with E-state index in [1.807, 2.05) is 12.1 Å². The van der Waals surface area contributed by atoms with E-state index in [2.05, 4.69) is 10.5 Å². The molecule has 0 fully saturated rings. The Kier molecular flexibility index (Phi) is 3.13. The van der Waals surface area contributed by atoms with Crippen LogP contribution < -0.4 is 0 Å². The number of hydrogen-bond donors (Lipinski definition) is 1. The molecule has 2 nitrogen and oxygen atoms in total. The Morgan fingerprint density at radius 2 is 2.27 bits per heavy atom. The van der Waals surface area contributed by atoms with Gasteiger partial charge < -0.3 is 9.53 Å². The molecule has 0 aliphatic rings. The lowest BCUT2D eigenvalue weighted by Crippen LogP contribution is -1.94. The lowest BCUT2D eigenvalue weighted by molar-refractivity contribution is 0.354. The summed E-state index contributed by atoms with van der Waals surface area (Å²) in [5.41, 5.74) is 1.07. The molecule has 0 atom stereocenters. The van der Waals surface area contributed by atoms with Gasteiger partial charge in [0.15, 0.2) is 0 Å². The Bertz CT molecular complexity index is 225. The van der Waals surface area contributed by atoms with Gasteiger partial charge in [0.25, 0.3) is 0 Å². The molecular formula is C8H9O2Si. The maximum atomic E-state index is 9.06. The second kappa shape index (κ2) is 4.15. The summed E-state index contributed by atoms with van der Waals surface area (Å²) in [6, 6.07) is 7.15. The Morgan fingerprint density at radius 3 is 2.91 bits per heavy atom. The van der Waals surface area contributed by atoms with Crippen LogP contribution in [0.5, 0.6) is 5.75 Å². The number of benzene rings is 1. The van der Waals surface area contributed by atoms with Crippen molar-refractivity contribution in [1.82, 2.24) is 0 Å². The van der Waals surface area contributed by atoms with Gasteiger partial charge in [-0.1, -0.05) is 12.1 Å². The van der Waals surface area contributed by atoms with Gasteiger partial charge in [-0.15, -0.1) is 0 Å². The molecule has 1 aromatic carbocycles. The highest BCUT2D eigenvalue weighted by atomic mass is 28.2. The zero-order valence-corrected chi connectivity index (χ0v) is 7.08. The van der Waals surface area contributed by atoms with Crippen molar-refractivity contribution in [2.24, 2.45) is 0 Å². The van der Waals surface area contributed by atoms with E-state index in [4.69, 9.17) is 9.53 Å². The quantitative estimate of drug-likeness (QED) is 0.678. The van der Waals surface area contributed by atoms with Crippen molar-refractivity contribution in [2.75, 3.05) is 6.61 Å². The largest absolute Gasteiger partial charge is 0.508 e. The number of phenols is 1. The highest BCUT2D eigenvalue weighted by Crippen LogP contribution is 2.10. The first kappa shape index (κ1) is 8.29. The van der Waals surface area contributed by atoms with Gasteiger partial charge in [0.05, 0.1) is 0 Å². The van der Waals surface area contributed by atoms with Crippen LogP contribution in [-0.4, -0.2) is 22.2 Å². The second-order valence-electron chi connectivity index (χ2n) is 2.27. The molecule has 3 heteroatoms. The van der Waals surface area contributed by atoms with Crippen molar-refractivity contribution in [3.8, 4) is 5.75 Å². The molecule has 0 aliphatic carbocycles. The first-order chi connectivity index (χ1) is 5.33. The summed E-state index contributed by atoms with van der Waals surface area (Å²) in [4.78, 5) is 0. The van der Waals surface area contributed by atoms with Crippen molar-refractivity contribution >= 4 is 10.5 Å². The molecule has 0 saturated carbocycles. The van der Waals surface area contributed by atoms with Crippen LogP contribution >= 0.6 is 0 Å². The zero-order chi connectivity index (χ0) is 8.10. The Balaban J connectivity index is 2.56. The second-order valence-corrected chi connectivity index (χ2v) is 2.56.